The van der Waals surface area contributed by atoms with Gasteiger partial charge in [0.15, 0.2) is 0 Å². The predicted octanol–water partition coefficient (Wildman–Crippen LogP) is 1.13. The van der Waals surface area contributed by atoms with Crippen molar-refractivity contribution in [3.8, 4) is 0 Å². The van der Waals surface area contributed by atoms with Gasteiger partial charge in [0.1, 0.15) is 0 Å². The summed E-state index contributed by atoms with van der Waals surface area (Å²) in [5.74, 6) is 0. The first kappa shape index (κ1) is 9.79. The van der Waals surface area contributed by atoms with Gasteiger partial charge >= 0.3 is 66.2 Å². The molecule has 0 saturated carbocycles. The summed E-state index contributed by atoms with van der Waals surface area (Å²) in [6.07, 6.45) is 0. The van der Waals surface area contributed by atoms with Gasteiger partial charge in [-0.2, -0.15) is 0 Å². The van der Waals surface area contributed by atoms with Crippen LogP contribution in [0.2, 0.25) is 9.36 Å². The van der Waals surface area contributed by atoms with Crippen molar-refractivity contribution in [2.45, 2.75) is 35.7 Å². The molecule has 0 amide bonds. The van der Waals surface area contributed by atoms with Crippen LogP contribution in [0.1, 0.15) is 20.8 Å². The van der Waals surface area contributed by atoms with Crippen LogP contribution in [0.5, 0.6) is 0 Å². The van der Waals surface area contributed by atoms with Crippen LogP contribution in [0.15, 0.2) is 0 Å². The first-order chi connectivity index (χ1) is 3.92. The normalized spacial score (nSPS) is 11.7. The van der Waals surface area contributed by atoms with E-state index in [9.17, 15) is 0 Å². The summed E-state index contributed by atoms with van der Waals surface area (Å²) >= 11 is -1.21. The second-order valence-electron chi connectivity index (χ2n) is 3.67. The summed E-state index contributed by atoms with van der Waals surface area (Å²) in [5, 5.41) is 0. The van der Waals surface area contributed by atoms with E-state index in [2.05, 4.69) is 39.0 Å². The molecule has 0 unspecified atom stereocenters. The van der Waals surface area contributed by atoms with Gasteiger partial charge in [-0.05, 0) is 0 Å². The van der Waals surface area contributed by atoms with Crippen molar-refractivity contribution in [1.29, 1.82) is 0 Å². The molecule has 0 saturated heterocycles. The molecule has 0 aromatic heterocycles. The first-order valence-electron chi connectivity index (χ1n) is 3.44. The van der Waals surface area contributed by atoms with E-state index < -0.39 is 21.7 Å². The molecule has 0 radical (unpaired) electrons. The number of rotatable bonds is 2. The maximum atomic E-state index is 3.35. The van der Waals surface area contributed by atoms with E-state index in [1.54, 1.807) is 0 Å². The van der Waals surface area contributed by atoms with E-state index in [1.807, 2.05) is 0 Å². The summed E-state index contributed by atoms with van der Waals surface area (Å²) in [6.45, 7) is 6.48. The Labute approximate surface area is 66.3 Å². The van der Waals surface area contributed by atoms with Gasteiger partial charge in [0.2, 0.25) is 0 Å². The quantitative estimate of drug-likeness (QED) is 0.697. The molecule has 0 aliphatic heterocycles. The van der Waals surface area contributed by atoms with E-state index in [0.29, 0.717) is 0 Å². The second-order valence-corrected chi connectivity index (χ2v) is 11.1. The molecule has 0 fully saturated rings. The third kappa shape index (κ3) is 8.79. The van der Waals surface area contributed by atoms with Gasteiger partial charge in [-0.1, -0.05) is 0 Å². The van der Waals surface area contributed by atoms with Gasteiger partial charge in [0, 0.05) is 0 Å². The van der Waals surface area contributed by atoms with Crippen LogP contribution in [0, 0.1) is 0 Å². The molecule has 9 heavy (non-hydrogen) atoms. The van der Waals surface area contributed by atoms with Crippen molar-refractivity contribution >= 4 is 21.7 Å². The van der Waals surface area contributed by atoms with Crippen molar-refractivity contribution in [3.05, 3.63) is 0 Å². The average molecular weight is 232 g/mol. The van der Waals surface area contributed by atoms with Gasteiger partial charge in [-0.3, -0.25) is 0 Å². The molecule has 0 rings (SSSR count). The standard InChI is InChI=1S/C4H11N2.2CH3.In/c1-4(2,3)6-5;;;/h5-6H,1-3H3;2*1H3;/q-1;;;+1. The SMILES string of the molecule is [CH3][In]([CH3])[NH]NC(C)(C)C. The maximum absolute atomic E-state index is 3.35. The molecule has 54 valence electrons. The van der Waals surface area contributed by atoms with Crippen molar-refractivity contribution < 1.29 is 0 Å². The van der Waals surface area contributed by atoms with Gasteiger partial charge in [-0.25, -0.2) is 0 Å². The number of hydrogen-bond acceptors (Lipinski definition) is 2. The molecule has 2 nitrogen and oxygen atoms in total. The van der Waals surface area contributed by atoms with E-state index >= 15 is 0 Å². The molecule has 0 aliphatic carbocycles. The Morgan fingerprint density at radius 2 is 1.56 bits per heavy atom. The van der Waals surface area contributed by atoms with Crippen LogP contribution in [0.25, 0.3) is 0 Å². The van der Waals surface area contributed by atoms with E-state index in [0.717, 1.165) is 0 Å². The first-order valence-corrected chi connectivity index (χ1v) is 11.7. The zero-order chi connectivity index (χ0) is 7.49. The molecular formula is C6H17InN2. The van der Waals surface area contributed by atoms with Gasteiger partial charge in [-0.15, -0.1) is 0 Å². The molecule has 0 aromatic rings. The van der Waals surface area contributed by atoms with Crippen LogP contribution in [0.4, 0.5) is 0 Å². The summed E-state index contributed by atoms with van der Waals surface area (Å²) in [4.78, 5) is 0. The molecular weight excluding hydrogens is 215 g/mol. The van der Waals surface area contributed by atoms with Crippen LogP contribution < -0.4 is 8.84 Å². The molecule has 0 heterocycles. The Kier molecular flexibility index (Phi) is 4.17. The Morgan fingerprint density at radius 1 is 1.11 bits per heavy atom. The van der Waals surface area contributed by atoms with E-state index in [4.69, 9.17) is 0 Å². The Morgan fingerprint density at radius 3 is 1.67 bits per heavy atom. The van der Waals surface area contributed by atoms with Crippen molar-refractivity contribution in [3.63, 3.8) is 0 Å². The molecule has 0 spiro atoms. The molecule has 2 N–H and O–H groups in total. The molecule has 0 aliphatic rings. The van der Waals surface area contributed by atoms with Crippen molar-refractivity contribution in [2.75, 3.05) is 0 Å². The van der Waals surface area contributed by atoms with Gasteiger partial charge < -0.3 is 0 Å². The summed E-state index contributed by atoms with van der Waals surface area (Å²) < 4.78 is 7.99. The Bertz CT molecular complexity index is 75.6. The zero-order valence-electron chi connectivity index (χ0n) is 7.08. The monoisotopic (exact) mass is 232 g/mol. The number of nitrogens with one attached hydrogen (secondary N) is 2. The van der Waals surface area contributed by atoms with Crippen LogP contribution in [-0.4, -0.2) is 27.3 Å². The number of hydrazine groups is 1. The molecule has 3 heteroatoms. The van der Waals surface area contributed by atoms with Gasteiger partial charge in [0.25, 0.3) is 0 Å². The Hall–Kier alpha value is 0.790. The summed E-state index contributed by atoms with van der Waals surface area (Å²) in [6, 6.07) is 0. The molecule has 0 aromatic carbocycles. The predicted molar refractivity (Wildman–Crippen MR) is 43.5 cm³/mol. The fourth-order valence-electron chi connectivity index (χ4n) is 0.361. The van der Waals surface area contributed by atoms with E-state index in [1.165, 1.54) is 0 Å². The fourth-order valence-corrected chi connectivity index (χ4v) is 2.42. The van der Waals surface area contributed by atoms with Gasteiger partial charge in [0.05, 0.1) is 0 Å². The molecule has 0 bridgehead atoms. The van der Waals surface area contributed by atoms with Crippen LogP contribution in [-0.2, 0) is 0 Å². The summed E-state index contributed by atoms with van der Waals surface area (Å²) in [7, 11) is 0. The van der Waals surface area contributed by atoms with Crippen molar-refractivity contribution in [2.24, 2.45) is 0 Å². The van der Waals surface area contributed by atoms with E-state index in [-0.39, 0.29) is 5.54 Å². The van der Waals surface area contributed by atoms with Crippen molar-refractivity contribution in [1.82, 2.24) is 8.84 Å². The van der Waals surface area contributed by atoms with Crippen LogP contribution >= 0.6 is 0 Å². The minimum absolute atomic E-state index is 0.223. The third-order valence-electron chi connectivity index (χ3n) is 0.736. The minimum atomic E-state index is -1.21. The average Bonchev–Trinajstić information content (AvgIpc) is 1.59. The second kappa shape index (κ2) is 3.84. The Balaban J connectivity index is 3.28. The fraction of sp³-hybridized carbons (Fsp3) is 1.00. The number of hydrogen-bond donors (Lipinski definition) is 2. The van der Waals surface area contributed by atoms with Crippen LogP contribution in [0.3, 0.4) is 0 Å². The summed E-state index contributed by atoms with van der Waals surface area (Å²) in [5.41, 5.74) is 3.49. The molecule has 0 atom stereocenters. The zero-order valence-corrected chi connectivity index (χ0v) is 10.4. The topological polar surface area (TPSA) is 24.1 Å². The third-order valence-corrected chi connectivity index (χ3v) is 2.80.